The molecule has 0 aliphatic carbocycles. The van der Waals surface area contributed by atoms with Crippen molar-refractivity contribution in [1.82, 2.24) is 9.97 Å². The van der Waals surface area contributed by atoms with Crippen molar-refractivity contribution in [3.63, 3.8) is 0 Å². The second kappa shape index (κ2) is 6.06. The van der Waals surface area contributed by atoms with E-state index in [2.05, 4.69) is 9.97 Å². The van der Waals surface area contributed by atoms with Crippen molar-refractivity contribution in [3.8, 4) is 0 Å². The summed E-state index contributed by atoms with van der Waals surface area (Å²) in [5.74, 6) is 0.987. The fraction of sp³-hybridized carbons (Fsp3) is 0.188. The lowest BCUT2D eigenvalue weighted by Crippen LogP contribution is -2.16. The molecular weight excluding hydrogens is 305 g/mol. The molecule has 0 amide bonds. The van der Waals surface area contributed by atoms with Crippen molar-refractivity contribution in [2.75, 3.05) is 6.54 Å². The fourth-order valence-corrected chi connectivity index (χ4v) is 2.90. The van der Waals surface area contributed by atoms with Crippen molar-refractivity contribution in [3.05, 3.63) is 63.9 Å². The van der Waals surface area contributed by atoms with Crippen molar-refractivity contribution in [2.24, 2.45) is 5.73 Å². The Labute approximate surface area is 133 Å². The van der Waals surface area contributed by atoms with Crippen molar-refractivity contribution < 1.29 is 0 Å². The summed E-state index contributed by atoms with van der Waals surface area (Å²) in [5.41, 5.74) is 8.92. The van der Waals surface area contributed by atoms with Gasteiger partial charge in [-0.25, -0.2) is 4.98 Å². The monoisotopic (exact) mass is 319 g/mol. The van der Waals surface area contributed by atoms with Gasteiger partial charge in [-0.1, -0.05) is 41.4 Å². The van der Waals surface area contributed by atoms with Gasteiger partial charge < -0.3 is 10.7 Å². The zero-order valence-corrected chi connectivity index (χ0v) is 12.8. The lowest BCUT2D eigenvalue weighted by atomic mass is 9.99. The Morgan fingerprint density at radius 1 is 1.14 bits per heavy atom. The van der Waals surface area contributed by atoms with Crippen LogP contribution in [0.2, 0.25) is 10.0 Å². The van der Waals surface area contributed by atoms with E-state index < -0.39 is 0 Å². The molecule has 2 aromatic carbocycles. The quantitative estimate of drug-likeness (QED) is 0.758. The van der Waals surface area contributed by atoms with Crippen molar-refractivity contribution in [1.29, 1.82) is 0 Å². The van der Waals surface area contributed by atoms with Gasteiger partial charge in [0.2, 0.25) is 0 Å². The first-order chi connectivity index (χ1) is 10.2. The molecule has 5 heteroatoms. The molecule has 0 saturated heterocycles. The summed E-state index contributed by atoms with van der Waals surface area (Å²) in [5, 5.41) is 1.30. The first kappa shape index (κ1) is 14.4. The number of fused-ring (bicyclic) bond motifs is 1. The van der Waals surface area contributed by atoms with E-state index in [1.807, 2.05) is 36.4 Å². The van der Waals surface area contributed by atoms with E-state index in [4.69, 9.17) is 28.9 Å². The summed E-state index contributed by atoms with van der Waals surface area (Å²) in [6.45, 7) is 0.499. The van der Waals surface area contributed by atoms with Crippen LogP contribution in [-0.4, -0.2) is 16.5 Å². The molecule has 3 N–H and O–H groups in total. The molecule has 0 radical (unpaired) electrons. The van der Waals surface area contributed by atoms with Gasteiger partial charge in [-0.2, -0.15) is 0 Å². The van der Waals surface area contributed by atoms with Crippen LogP contribution in [0.1, 0.15) is 17.3 Å². The minimum absolute atomic E-state index is 0.0936. The molecule has 1 atom stereocenters. The number of nitrogens with two attached hydrogens (primary N) is 1. The van der Waals surface area contributed by atoms with Gasteiger partial charge in [0.15, 0.2) is 0 Å². The molecule has 21 heavy (non-hydrogen) atoms. The highest BCUT2D eigenvalue weighted by molar-refractivity contribution is 6.35. The van der Waals surface area contributed by atoms with Gasteiger partial charge in [0.05, 0.1) is 11.0 Å². The highest BCUT2D eigenvalue weighted by Gasteiger charge is 2.16. The van der Waals surface area contributed by atoms with Crippen LogP contribution in [0.5, 0.6) is 0 Å². The van der Waals surface area contributed by atoms with E-state index in [1.165, 1.54) is 0 Å². The van der Waals surface area contributed by atoms with Crippen LogP contribution in [0.4, 0.5) is 0 Å². The second-order valence-electron chi connectivity index (χ2n) is 5.01. The Morgan fingerprint density at radius 3 is 2.67 bits per heavy atom. The number of nitrogens with one attached hydrogen (secondary N) is 1. The molecule has 108 valence electrons. The predicted octanol–water partition coefficient (Wildman–Crippen LogP) is 4.15. The standard InChI is InChI=1S/C16H15Cl2N3/c17-12-6-5-10(13(18)8-12)7-11(9-19)16-20-14-3-1-2-4-15(14)21-16/h1-6,8,11H,7,9,19H2,(H,20,21). The molecule has 1 heterocycles. The van der Waals surface area contributed by atoms with Crippen LogP contribution < -0.4 is 5.73 Å². The number of aromatic amines is 1. The summed E-state index contributed by atoms with van der Waals surface area (Å²) >= 11 is 12.2. The number of halogens is 2. The first-order valence-electron chi connectivity index (χ1n) is 6.76. The largest absolute Gasteiger partial charge is 0.342 e. The first-order valence-corrected chi connectivity index (χ1v) is 7.51. The van der Waals surface area contributed by atoms with E-state index in [0.717, 1.165) is 28.8 Å². The molecule has 3 rings (SSSR count). The molecule has 0 fully saturated rings. The highest BCUT2D eigenvalue weighted by atomic mass is 35.5. The number of imidazole rings is 1. The zero-order valence-electron chi connectivity index (χ0n) is 11.3. The van der Waals surface area contributed by atoms with E-state index in [-0.39, 0.29) is 5.92 Å². The summed E-state index contributed by atoms with van der Waals surface area (Å²) in [7, 11) is 0. The maximum Gasteiger partial charge on any atom is 0.111 e. The Bertz CT molecular complexity index is 734. The van der Waals surface area contributed by atoms with Crippen LogP contribution in [0.3, 0.4) is 0 Å². The minimum Gasteiger partial charge on any atom is -0.342 e. The lowest BCUT2D eigenvalue weighted by molar-refractivity contribution is 0.658. The molecule has 3 nitrogen and oxygen atoms in total. The van der Waals surface area contributed by atoms with Gasteiger partial charge in [-0.05, 0) is 36.2 Å². The maximum absolute atomic E-state index is 6.24. The summed E-state index contributed by atoms with van der Waals surface area (Å²) in [4.78, 5) is 7.96. The Balaban J connectivity index is 1.90. The molecule has 0 bridgehead atoms. The van der Waals surface area contributed by atoms with Crippen LogP contribution >= 0.6 is 23.2 Å². The summed E-state index contributed by atoms with van der Waals surface area (Å²) in [6.07, 6.45) is 0.728. The normalized spacial score (nSPS) is 12.7. The molecule has 0 saturated carbocycles. The average Bonchev–Trinajstić information content (AvgIpc) is 2.90. The van der Waals surface area contributed by atoms with Gasteiger partial charge in [-0.3, -0.25) is 0 Å². The van der Waals surface area contributed by atoms with Gasteiger partial charge in [0.25, 0.3) is 0 Å². The molecule has 0 aliphatic heterocycles. The maximum atomic E-state index is 6.24. The average molecular weight is 320 g/mol. The van der Waals surface area contributed by atoms with Crippen LogP contribution in [-0.2, 0) is 6.42 Å². The number of aromatic nitrogens is 2. The van der Waals surface area contributed by atoms with Gasteiger partial charge >= 0.3 is 0 Å². The zero-order chi connectivity index (χ0) is 14.8. The number of rotatable bonds is 4. The topological polar surface area (TPSA) is 54.7 Å². The smallest absolute Gasteiger partial charge is 0.111 e. The van der Waals surface area contributed by atoms with E-state index in [0.29, 0.717) is 16.6 Å². The van der Waals surface area contributed by atoms with Gasteiger partial charge in [-0.15, -0.1) is 0 Å². The molecule has 1 unspecified atom stereocenters. The van der Waals surface area contributed by atoms with Gasteiger partial charge in [0, 0.05) is 22.5 Å². The minimum atomic E-state index is 0.0936. The molecule has 3 aromatic rings. The number of para-hydroxylation sites is 2. The van der Waals surface area contributed by atoms with E-state index >= 15 is 0 Å². The number of benzene rings is 2. The van der Waals surface area contributed by atoms with Crippen LogP contribution in [0.25, 0.3) is 11.0 Å². The SMILES string of the molecule is NCC(Cc1ccc(Cl)cc1Cl)c1nc2ccccc2[nH]1. The fourth-order valence-electron chi connectivity index (χ4n) is 2.41. The van der Waals surface area contributed by atoms with E-state index in [9.17, 15) is 0 Å². The third-order valence-corrected chi connectivity index (χ3v) is 4.15. The third kappa shape index (κ3) is 3.05. The second-order valence-corrected chi connectivity index (χ2v) is 5.86. The Kier molecular flexibility index (Phi) is 4.15. The Morgan fingerprint density at radius 2 is 1.95 bits per heavy atom. The molecule has 0 spiro atoms. The molecule has 0 aliphatic rings. The number of hydrogen-bond acceptors (Lipinski definition) is 2. The van der Waals surface area contributed by atoms with E-state index in [1.54, 1.807) is 6.07 Å². The summed E-state index contributed by atoms with van der Waals surface area (Å²) < 4.78 is 0. The third-order valence-electron chi connectivity index (χ3n) is 3.56. The number of H-pyrrole nitrogens is 1. The predicted molar refractivity (Wildman–Crippen MR) is 88.1 cm³/mol. The summed E-state index contributed by atoms with van der Waals surface area (Å²) in [6, 6.07) is 13.5. The van der Waals surface area contributed by atoms with Crippen molar-refractivity contribution in [2.45, 2.75) is 12.3 Å². The lowest BCUT2D eigenvalue weighted by Gasteiger charge is -2.13. The molecule has 1 aromatic heterocycles. The number of hydrogen-bond donors (Lipinski definition) is 2. The van der Waals surface area contributed by atoms with Crippen LogP contribution in [0.15, 0.2) is 42.5 Å². The molecular formula is C16H15Cl2N3. The highest BCUT2D eigenvalue weighted by Crippen LogP contribution is 2.27. The number of nitrogens with zero attached hydrogens (tertiary/aromatic N) is 1. The van der Waals surface area contributed by atoms with Crippen molar-refractivity contribution >= 4 is 34.2 Å². The van der Waals surface area contributed by atoms with Crippen LogP contribution in [0, 0.1) is 0 Å². The Hall–Kier alpha value is -1.55. The van der Waals surface area contributed by atoms with Gasteiger partial charge in [0.1, 0.15) is 5.82 Å².